The number of anilines is 1. The first kappa shape index (κ1) is 16.5. The largest absolute Gasteiger partial charge is 0.368 e. The van der Waals surface area contributed by atoms with Crippen LogP contribution in [-0.4, -0.2) is 66.1 Å². The highest BCUT2D eigenvalue weighted by Gasteiger charge is 2.22. The van der Waals surface area contributed by atoms with Gasteiger partial charge in [-0.2, -0.15) is 0 Å². The summed E-state index contributed by atoms with van der Waals surface area (Å²) in [4.78, 5) is 13.7. The maximum Gasteiger partial charge on any atom is 0.137 e. The molecule has 0 saturated carbocycles. The van der Waals surface area contributed by atoms with Gasteiger partial charge in [0.1, 0.15) is 16.8 Å². The number of rotatable bonds is 5. The van der Waals surface area contributed by atoms with Crippen LogP contribution >= 0.6 is 11.6 Å². The molecule has 0 amide bonds. The fourth-order valence-electron chi connectivity index (χ4n) is 2.58. The highest BCUT2D eigenvalue weighted by molar-refractivity contribution is 6.30. The number of hydrogen-bond acceptors (Lipinski definition) is 5. The molecule has 0 bridgehead atoms. The molecule has 118 valence electrons. The van der Waals surface area contributed by atoms with Crippen LogP contribution in [-0.2, 0) is 6.42 Å². The summed E-state index contributed by atoms with van der Waals surface area (Å²) in [5.74, 6) is 1.70. The van der Waals surface area contributed by atoms with Crippen molar-refractivity contribution in [2.45, 2.75) is 32.7 Å². The van der Waals surface area contributed by atoms with Crippen LogP contribution in [0.1, 0.15) is 24.7 Å². The smallest absolute Gasteiger partial charge is 0.137 e. The van der Waals surface area contributed by atoms with Gasteiger partial charge in [-0.25, -0.2) is 9.97 Å². The molecule has 1 aromatic heterocycles. The zero-order valence-electron chi connectivity index (χ0n) is 13.5. The zero-order valence-corrected chi connectivity index (χ0v) is 14.2. The predicted molar refractivity (Wildman–Crippen MR) is 88.2 cm³/mol. The third-order valence-electron chi connectivity index (χ3n) is 4.09. The van der Waals surface area contributed by atoms with Crippen molar-refractivity contribution in [2.75, 3.05) is 45.6 Å². The van der Waals surface area contributed by atoms with Gasteiger partial charge in [-0.15, -0.1) is 0 Å². The van der Waals surface area contributed by atoms with Crippen LogP contribution in [0, 0.1) is 6.92 Å². The molecule has 6 heteroatoms. The Morgan fingerprint density at radius 2 is 2.05 bits per heavy atom. The molecule has 0 radical (unpaired) electrons. The maximum absolute atomic E-state index is 6.22. The molecule has 5 nitrogen and oxygen atoms in total. The first-order chi connectivity index (χ1) is 10.0. The molecule has 1 aliphatic heterocycles. The van der Waals surface area contributed by atoms with Crippen molar-refractivity contribution < 1.29 is 0 Å². The van der Waals surface area contributed by atoms with Gasteiger partial charge >= 0.3 is 0 Å². The molecule has 1 aromatic rings. The van der Waals surface area contributed by atoms with Crippen LogP contribution in [0.4, 0.5) is 5.82 Å². The zero-order chi connectivity index (χ0) is 15.4. The molecule has 1 aliphatic rings. The van der Waals surface area contributed by atoms with Crippen LogP contribution in [0.15, 0.2) is 0 Å². The second kappa shape index (κ2) is 7.38. The quantitative estimate of drug-likeness (QED) is 0.843. The number of piperazine rings is 1. The SMILES string of the molecule is CCCc1nc(Cl)c(C)c(NCC2CN(C)CCN2C)n1. The topological polar surface area (TPSA) is 44.3 Å². The van der Waals surface area contributed by atoms with Crippen LogP contribution in [0.3, 0.4) is 0 Å². The molecule has 0 aliphatic carbocycles. The van der Waals surface area contributed by atoms with Crippen molar-refractivity contribution in [1.29, 1.82) is 0 Å². The Hall–Kier alpha value is -0.910. The van der Waals surface area contributed by atoms with Crippen molar-refractivity contribution in [3.63, 3.8) is 0 Å². The van der Waals surface area contributed by atoms with Crippen molar-refractivity contribution in [3.8, 4) is 0 Å². The van der Waals surface area contributed by atoms with E-state index in [0.717, 1.165) is 56.2 Å². The molecular weight excluding hydrogens is 286 g/mol. The molecule has 1 N–H and O–H groups in total. The fourth-order valence-corrected chi connectivity index (χ4v) is 2.76. The van der Waals surface area contributed by atoms with Gasteiger partial charge in [0.05, 0.1) is 0 Å². The minimum Gasteiger partial charge on any atom is -0.368 e. The molecule has 1 atom stereocenters. The monoisotopic (exact) mass is 311 g/mol. The van der Waals surface area contributed by atoms with Crippen LogP contribution in [0.2, 0.25) is 5.15 Å². The summed E-state index contributed by atoms with van der Waals surface area (Å²) in [7, 11) is 4.35. The molecule has 2 rings (SSSR count). The second-order valence-electron chi connectivity index (χ2n) is 5.93. The average molecular weight is 312 g/mol. The van der Waals surface area contributed by atoms with Gasteiger partial charge in [0, 0.05) is 44.2 Å². The molecule has 1 unspecified atom stereocenters. The first-order valence-corrected chi connectivity index (χ1v) is 8.04. The van der Waals surface area contributed by atoms with E-state index in [1.54, 1.807) is 0 Å². The summed E-state index contributed by atoms with van der Waals surface area (Å²) in [6, 6.07) is 0.492. The van der Waals surface area contributed by atoms with Gasteiger partial charge in [-0.1, -0.05) is 18.5 Å². The van der Waals surface area contributed by atoms with Gasteiger partial charge in [0.2, 0.25) is 0 Å². The second-order valence-corrected chi connectivity index (χ2v) is 6.29. The standard InChI is InChI=1S/C15H26ClN5/c1-5-6-13-18-14(16)11(2)15(19-13)17-9-12-10-20(3)7-8-21(12)4/h12H,5-10H2,1-4H3,(H,17,18,19). The number of nitrogens with one attached hydrogen (secondary N) is 1. The van der Waals surface area contributed by atoms with Gasteiger partial charge < -0.3 is 10.2 Å². The average Bonchev–Trinajstić information content (AvgIpc) is 2.44. The molecule has 21 heavy (non-hydrogen) atoms. The molecule has 2 heterocycles. The predicted octanol–water partition coefficient (Wildman–Crippen LogP) is 2.05. The Morgan fingerprint density at radius 1 is 1.29 bits per heavy atom. The number of hydrogen-bond donors (Lipinski definition) is 1. The van der Waals surface area contributed by atoms with Gasteiger partial charge in [-0.05, 0) is 27.4 Å². The maximum atomic E-state index is 6.22. The van der Waals surface area contributed by atoms with Gasteiger partial charge in [0.15, 0.2) is 0 Å². The molecule has 0 aromatic carbocycles. The van der Waals surface area contributed by atoms with E-state index in [1.807, 2.05) is 6.92 Å². The van der Waals surface area contributed by atoms with E-state index < -0.39 is 0 Å². The number of aryl methyl sites for hydroxylation is 1. The Bertz CT molecular complexity index is 479. The number of halogens is 1. The van der Waals surface area contributed by atoms with E-state index >= 15 is 0 Å². The van der Waals surface area contributed by atoms with E-state index in [1.165, 1.54) is 0 Å². The van der Waals surface area contributed by atoms with E-state index in [9.17, 15) is 0 Å². The summed E-state index contributed by atoms with van der Waals surface area (Å²) in [6.07, 6.45) is 1.88. The molecule has 0 spiro atoms. The fraction of sp³-hybridized carbons (Fsp3) is 0.733. The first-order valence-electron chi connectivity index (χ1n) is 7.67. The third kappa shape index (κ3) is 4.28. The molecule has 1 saturated heterocycles. The Morgan fingerprint density at radius 3 is 2.76 bits per heavy atom. The number of nitrogens with zero attached hydrogens (tertiary/aromatic N) is 4. The number of likely N-dealkylation sites (N-methyl/N-ethyl adjacent to an activating group) is 2. The lowest BCUT2D eigenvalue weighted by Crippen LogP contribution is -2.52. The summed E-state index contributed by atoms with van der Waals surface area (Å²) in [5, 5.41) is 4.03. The van der Waals surface area contributed by atoms with E-state index in [2.05, 4.69) is 46.1 Å². The minimum absolute atomic E-state index is 0.492. The summed E-state index contributed by atoms with van der Waals surface area (Å²) in [6.45, 7) is 8.28. The van der Waals surface area contributed by atoms with Crippen molar-refractivity contribution in [2.24, 2.45) is 0 Å². The third-order valence-corrected chi connectivity index (χ3v) is 4.46. The lowest BCUT2D eigenvalue weighted by Gasteiger charge is -2.37. The Kier molecular flexibility index (Phi) is 5.79. The highest BCUT2D eigenvalue weighted by atomic mass is 35.5. The van der Waals surface area contributed by atoms with Crippen LogP contribution < -0.4 is 5.32 Å². The van der Waals surface area contributed by atoms with Crippen molar-refractivity contribution in [1.82, 2.24) is 19.8 Å². The van der Waals surface area contributed by atoms with Crippen LogP contribution in [0.5, 0.6) is 0 Å². The lowest BCUT2D eigenvalue weighted by molar-refractivity contribution is 0.122. The summed E-state index contributed by atoms with van der Waals surface area (Å²) in [5.41, 5.74) is 0.934. The van der Waals surface area contributed by atoms with Crippen molar-refractivity contribution in [3.05, 3.63) is 16.5 Å². The minimum atomic E-state index is 0.492. The summed E-state index contributed by atoms with van der Waals surface area (Å²) >= 11 is 6.22. The van der Waals surface area contributed by atoms with E-state index in [0.29, 0.717) is 11.2 Å². The molecular formula is C15H26ClN5. The van der Waals surface area contributed by atoms with Gasteiger partial charge in [-0.3, -0.25) is 4.90 Å². The van der Waals surface area contributed by atoms with Crippen LogP contribution in [0.25, 0.3) is 0 Å². The Balaban J connectivity index is 2.04. The Labute approximate surface area is 132 Å². The van der Waals surface area contributed by atoms with Crippen molar-refractivity contribution >= 4 is 17.4 Å². The lowest BCUT2D eigenvalue weighted by atomic mass is 10.2. The van der Waals surface area contributed by atoms with E-state index in [-0.39, 0.29) is 0 Å². The number of aromatic nitrogens is 2. The normalized spacial score (nSPS) is 20.7. The highest BCUT2D eigenvalue weighted by Crippen LogP contribution is 2.20. The molecule has 1 fully saturated rings. The van der Waals surface area contributed by atoms with E-state index in [4.69, 9.17) is 11.6 Å². The van der Waals surface area contributed by atoms with Gasteiger partial charge in [0.25, 0.3) is 0 Å². The summed E-state index contributed by atoms with van der Waals surface area (Å²) < 4.78 is 0.